The van der Waals surface area contributed by atoms with Gasteiger partial charge in [0.1, 0.15) is 0 Å². The van der Waals surface area contributed by atoms with Crippen LogP contribution in [0.25, 0.3) is 0 Å². The molecule has 1 aromatic carbocycles. The van der Waals surface area contributed by atoms with Crippen LogP contribution in [0.3, 0.4) is 0 Å². The number of carbonyl (C=O) groups excluding carboxylic acids is 1. The highest BCUT2D eigenvalue weighted by atomic mass is 32.2. The molecule has 0 atom stereocenters. The minimum Gasteiger partial charge on any atom is -0.345 e. The molecule has 0 saturated carbocycles. The molecule has 17 heavy (non-hydrogen) atoms. The van der Waals surface area contributed by atoms with E-state index < -0.39 is 10.0 Å². The molecule has 94 valence electrons. The smallest absolute Gasteiger partial charge is 0.253 e. The molecule has 0 heterocycles. The fourth-order valence-electron chi connectivity index (χ4n) is 1.19. The zero-order valence-corrected chi connectivity index (χ0v) is 10.9. The Morgan fingerprint density at radius 3 is 2.18 bits per heavy atom. The largest absolute Gasteiger partial charge is 0.345 e. The summed E-state index contributed by atoms with van der Waals surface area (Å²) in [6, 6.07) is 6.33. The Balaban J connectivity index is 2.86. The lowest BCUT2D eigenvalue weighted by atomic mass is 10.2. The molecule has 0 spiro atoms. The molecule has 0 radical (unpaired) electrons. The highest BCUT2D eigenvalue weighted by Crippen LogP contribution is 2.12. The number of anilines is 1. The van der Waals surface area contributed by atoms with Crippen molar-refractivity contribution in [1.82, 2.24) is 4.90 Å². The van der Waals surface area contributed by atoms with Gasteiger partial charge < -0.3 is 4.90 Å². The van der Waals surface area contributed by atoms with E-state index in [2.05, 4.69) is 4.72 Å². The van der Waals surface area contributed by atoms with Crippen LogP contribution in [-0.4, -0.2) is 39.1 Å². The zero-order valence-electron chi connectivity index (χ0n) is 10.1. The summed E-state index contributed by atoms with van der Waals surface area (Å²) >= 11 is 0. The second-order valence-corrected chi connectivity index (χ2v) is 5.79. The van der Waals surface area contributed by atoms with Crippen molar-refractivity contribution in [2.45, 2.75) is 6.92 Å². The lowest BCUT2D eigenvalue weighted by Crippen LogP contribution is -2.21. The molecule has 0 aliphatic carbocycles. The van der Waals surface area contributed by atoms with Crippen LogP contribution in [-0.2, 0) is 10.0 Å². The lowest BCUT2D eigenvalue weighted by molar-refractivity contribution is 0.0827. The average molecular weight is 256 g/mol. The molecular weight excluding hydrogens is 240 g/mol. The lowest BCUT2D eigenvalue weighted by Gasteiger charge is -2.11. The molecule has 0 fully saturated rings. The Kier molecular flexibility index (Phi) is 4.11. The monoisotopic (exact) mass is 256 g/mol. The zero-order chi connectivity index (χ0) is 13.1. The van der Waals surface area contributed by atoms with Crippen molar-refractivity contribution in [3.8, 4) is 0 Å². The number of benzene rings is 1. The predicted molar refractivity (Wildman–Crippen MR) is 67.5 cm³/mol. The van der Waals surface area contributed by atoms with E-state index in [0.29, 0.717) is 11.3 Å². The second kappa shape index (κ2) is 5.18. The van der Waals surface area contributed by atoms with Crippen LogP contribution in [0, 0.1) is 0 Å². The predicted octanol–water partition coefficient (Wildman–Crippen LogP) is 1.15. The van der Waals surface area contributed by atoms with Crippen LogP contribution in [0.1, 0.15) is 17.3 Å². The van der Waals surface area contributed by atoms with Gasteiger partial charge in [-0.25, -0.2) is 8.42 Å². The summed E-state index contributed by atoms with van der Waals surface area (Å²) in [7, 11) is 0.0581. The first-order valence-electron chi connectivity index (χ1n) is 5.18. The van der Waals surface area contributed by atoms with Crippen LogP contribution < -0.4 is 4.72 Å². The fourth-order valence-corrected chi connectivity index (χ4v) is 1.83. The molecule has 1 rings (SSSR count). The number of nitrogens with one attached hydrogen (secondary N) is 1. The topological polar surface area (TPSA) is 66.5 Å². The van der Waals surface area contributed by atoms with Gasteiger partial charge in [-0.15, -0.1) is 0 Å². The SMILES string of the molecule is CCS(=O)(=O)Nc1ccc(C(=O)N(C)C)cc1. The number of rotatable bonds is 4. The van der Waals surface area contributed by atoms with Crippen LogP contribution >= 0.6 is 0 Å². The Bertz CT molecular complexity index is 492. The van der Waals surface area contributed by atoms with Crippen molar-refractivity contribution < 1.29 is 13.2 Å². The minimum absolute atomic E-state index is 0.0192. The van der Waals surface area contributed by atoms with Crippen LogP contribution in [0.15, 0.2) is 24.3 Å². The maximum absolute atomic E-state index is 11.6. The van der Waals surface area contributed by atoms with Gasteiger partial charge in [0.25, 0.3) is 5.91 Å². The van der Waals surface area contributed by atoms with E-state index in [1.54, 1.807) is 45.3 Å². The van der Waals surface area contributed by atoms with Crippen LogP contribution in [0.2, 0.25) is 0 Å². The summed E-state index contributed by atoms with van der Waals surface area (Å²) in [5.41, 5.74) is 0.983. The molecule has 1 aromatic rings. The highest BCUT2D eigenvalue weighted by molar-refractivity contribution is 7.92. The van der Waals surface area contributed by atoms with E-state index >= 15 is 0 Å². The summed E-state index contributed by atoms with van der Waals surface area (Å²) in [5, 5.41) is 0. The van der Waals surface area contributed by atoms with Gasteiger partial charge in [-0.1, -0.05) is 0 Å². The van der Waals surface area contributed by atoms with Gasteiger partial charge in [-0.2, -0.15) is 0 Å². The van der Waals surface area contributed by atoms with Crippen molar-refractivity contribution in [2.24, 2.45) is 0 Å². The quantitative estimate of drug-likeness (QED) is 0.878. The van der Waals surface area contributed by atoms with E-state index in [4.69, 9.17) is 0 Å². The normalized spacial score (nSPS) is 11.0. The number of nitrogens with zero attached hydrogens (tertiary/aromatic N) is 1. The summed E-state index contributed by atoms with van der Waals surface area (Å²) in [6.45, 7) is 1.56. The number of sulfonamides is 1. The van der Waals surface area contributed by atoms with Gasteiger partial charge in [0.15, 0.2) is 0 Å². The van der Waals surface area contributed by atoms with Crippen LogP contribution in [0.5, 0.6) is 0 Å². The molecular formula is C11H16N2O3S. The molecule has 0 aliphatic heterocycles. The third kappa shape index (κ3) is 3.74. The number of hydrogen-bond donors (Lipinski definition) is 1. The Morgan fingerprint density at radius 2 is 1.76 bits per heavy atom. The van der Waals surface area contributed by atoms with Gasteiger partial charge in [0.2, 0.25) is 10.0 Å². The summed E-state index contributed by atoms with van der Waals surface area (Å²) in [5.74, 6) is -0.0966. The molecule has 0 unspecified atom stereocenters. The van der Waals surface area contributed by atoms with E-state index in [-0.39, 0.29) is 11.7 Å². The third-order valence-corrected chi connectivity index (χ3v) is 3.50. The van der Waals surface area contributed by atoms with Crippen molar-refractivity contribution >= 4 is 21.6 Å². The summed E-state index contributed by atoms with van der Waals surface area (Å²) in [6.07, 6.45) is 0. The number of amides is 1. The van der Waals surface area contributed by atoms with E-state index in [1.807, 2.05) is 0 Å². The number of hydrogen-bond acceptors (Lipinski definition) is 3. The van der Waals surface area contributed by atoms with Gasteiger partial charge in [-0.05, 0) is 31.2 Å². The van der Waals surface area contributed by atoms with Crippen molar-refractivity contribution in [3.05, 3.63) is 29.8 Å². The molecule has 6 heteroatoms. The van der Waals surface area contributed by atoms with Gasteiger partial charge in [-0.3, -0.25) is 9.52 Å². The Labute approximate surface area is 101 Å². The summed E-state index contributed by atoms with van der Waals surface area (Å²) < 4.78 is 25.0. The number of carbonyl (C=O) groups is 1. The second-order valence-electron chi connectivity index (χ2n) is 3.78. The Hall–Kier alpha value is -1.56. The van der Waals surface area contributed by atoms with Gasteiger partial charge in [0, 0.05) is 25.3 Å². The first-order valence-corrected chi connectivity index (χ1v) is 6.83. The summed E-state index contributed by atoms with van der Waals surface area (Å²) in [4.78, 5) is 13.0. The third-order valence-electron chi connectivity index (χ3n) is 2.19. The van der Waals surface area contributed by atoms with Crippen molar-refractivity contribution in [3.63, 3.8) is 0 Å². The van der Waals surface area contributed by atoms with Gasteiger partial charge >= 0.3 is 0 Å². The van der Waals surface area contributed by atoms with E-state index in [1.165, 1.54) is 4.90 Å². The maximum Gasteiger partial charge on any atom is 0.253 e. The van der Waals surface area contributed by atoms with Gasteiger partial charge in [0.05, 0.1) is 5.75 Å². The molecule has 0 aromatic heterocycles. The standard InChI is InChI=1S/C11H16N2O3S/c1-4-17(15,16)12-10-7-5-9(6-8-10)11(14)13(2)3/h5-8,12H,4H2,1-3H3. The molecule has 5 nitrogen and oxygen atoms in total. The van der Waals surface area contributed by atoms with Crippen molar-refractivity contribution in [2.75, 3.05) is 24.6 Å². The molecule has 1 N–H and O–H groups in total. The molecule has 1 amide bonds. The highest BCUT2D eigenvalue weighted by Gasteiger charge is 2.09. The molecule has 0 aliphatic rings. The molecule has 0 bridgehead atoms. The van der Waals surface area contributed by atoms with E-state index in [9.17, 15) is 13.2 Å². The first-order chi connectivity index (χ1) is 7.85. The fraction of sp³-hybridized carbons (Fsp3) is 0.364. The molecule has 0 saturated heterocycles. The Morgan fingerprint density at radius 1 is 1.24 bits per heavy atom. The first kappa shape index (κ1) is 13.5. The van der Waals surface area contributed by atoms with Crippen LogP contribution in [0.4, 0.5) is 5.69 Å². The van der Waals surface area contributed by atoms with Crippen molar-refractivity contribution in [1.29, 1.82) is 0 Å². The average Bonchev–Trinajstić information content (AvgIpc) is 2.28. The maximum atomic E-state index is 11.6. The van der Waals surface area contributed by atoms with E-state index in [0.717, 1.165) is 0 Å². The minimum atomic E-state index is -3.27.